The van der Waals surface area contributed by atoms with Gasteiger partial charge in [-0.15, -0.1) is 11.3 Å². The largest absolute Gasteiger partial charge is 0.462 e. The first kappa shape index (κ1) is 19.9. The number of amides is 1. The maximum atomic E-state index is 12.6. The van der Waals surface area contributed by atoms with E-state index in [0.29, 0.717) is 26.2 Å². The highest BCUT2D eigenvalue weighted by Crippen LogP contribution is 2.34. The minimum atomic E-state index is -0.520. The third kappa shape index (κ3) is 4.03. The second-order valence-electron chi connectivity index (χ2n) is 5.79. The van der Waals surface area contributed by atoms with Crippen LogP contribution in [0.1, 0.15) is 34.6 Å². The summed E-state index contributed by atoms with van der Waals surface area (Å²) in [5.41, 5.74) is 2.13. The Morgan fingerprint density at radius 1 is 1.43 bits per heavy atom. The van der Waals surface area contributed by atoms with Crippen LogP contribution >= 0.6 is 23.1 Å². The van der Waals surface area contributed by atoms with Gasteiger partial charge in [-0.05, 0) is 38.5 Å². The minimum Gasteiger partial charge on any atom is -0.462 e. The summed E-state index contributed by atoms with van der Waals surface area (Å²) in [6, 6.07) is 9.39. The number of aromatic nitrogens is 1. The highest BCUT2D eigenvalue weighted by molar-refractivity contribution is 8.00. The zero-order valence-electron chi connectivity index (χ0n) is 15.4. The fourth-order valence-corrected chi connectivity index (χ4v) is 4.26. The number of para-hydroxylation sites is 2. The van der Waals surface area contributed by atoms with Crippen LogP contribution in [0.3, 0.4) is 0 Å². The molecule has 1 atom stereocenters. The summed E-state index contributed by atoms with van der Waals surface area (Å²) < 4.78 is 10.6. The number of nitrogens with zero attached hydrogens (tertiary/aromatic N) is 2. The molecule has 3 rings (SSSR count). The maximum absolute atomic E-state index is 12.6. The van der Waals surface area contributed by atoms with Gasteiger partial charge in [-0.25, -0.2) is 9.78 Å². The minimum absolute atomic E-state index is 0.234. The van der Waals surface area contributed by atoms with Gasteiger partial charge in [0.2, 0.25) is 5.91 Å². The van der Waals surface area contributed by atoms with Crippen molar-refractivity contribution in [1.29, 1.82) is 5.26 Å². The predicted molar refractivity (Wildman–Crippen MR) is 108 cm³/mol. The van der Waals surface area contributed by atoms with E-state index < -0.39 is 11.2 Å². The molecule has 9 heteroatoms. The third-order valence-electron chi connectivity index (χ3n) is 3.88. The number of hydrogen-bond donors (Lipinski definition) is 1. The lowest BCUT2D eigenvalue weighted by Crippen LogP contribution is -2.22. The molecule has 0 aliphatic rings. The average molecular weight is 415 g/mol. The highest BCUT2D eigenvalue weighted by atomic mass is 32.2. The van der Waals surface area contributed by atoms with Gasteiger partial charge in [0.05, 0.1) is 17.4 Å². The molecular formula is C19H17N3O4S2. The number of fused-ring (bicyclic) bond motifs is 1. The number of hydrogen-bond acceptors (Lipinski definition) is 8. The van der Waals surface area contributed by atoms with Gasteiger partial charge in [0.25, 0.3) is 5.22 Å². The van der Waals surface area contributed by atoms with Gasteiger partial charge in [-0.1, -0.05) is 23.9 Å². The van der Waals surface area contributed by atoms with E-state index in [9.17, 15) is 14.9 Å². The Balaban J connectivity index is 1.75. The normalized spacial score (nSPS) is 11.8. The fraction of sp³-hybridized carbons (Fsp3) is 0.263. The van der Waals surface area contributed by atoms with Crippen LogP contribution < -0.4 is 5.32 Å². The Bertz CT molecular complexity index is 1050. The maximum Gasteiger partial charge on any atom is 0.348 e. The number of ether oxygens (including phenoxy) is 1. The van der Waals surface area contributed by atoms with Crippen LogP contribution in [-0.4, -0.2) is 28.7 Å². The Hall–Kier alpha value is -2.83. The molecule has 0 saturated carbocycles. The molecule has 0 bridgehead atoms. The first-order valence-corrected chi connectivity index (χ1v) is 10.2. The predicted octanol–water partition coefficient (Wildman–Crippen LogP) is 4.37. The zero-order valence-corrected chi connectivity index (χ0v) is 17.1. The van der Waals surface area contributed by atoms with Crippen LogP contribution in [0, 0.1) is 18.3 Å². The van der Waals surface area contributed by atoms with Crippen LogP contribution in [0.25, 0.3) is 11.1 Å². The quantitative estimate of drug-likeness (QED) is 0.471. The Kier molecular flexibility index (Phi) is 6.02. The molecule has 28 heavy (non-hydrogen) atoms. The number of thioether (sulfide) groups is 1. The molecular weight excluding hydrogens is 398 g/mol. The van der Waals surface area contributed by atoms with Crippen molar-refractivity contribution >= 4 is 51.1 Å². The van der Waals surface area contributed by atoms with Gasteiger partial charge in [-0.2, -0.15) is 5.26 Å². The van der Waals surface area contributed by atoms with E-state index in [1.165, 1.54) is 11.8 Å². The van der Waals surface area contributed by atoms with Crippen LogP contribution in [0.5, 0.6) is 0 Å². The van der Waals surface area contributed by atoms with Crippen LogP contribution in [0.4, 0.5) is 5.00 Å². The van der Waals surface area contributed by atoms with Crippen molar-refractivity contribution in [1.82, 2.24) is 4.98 Å². The number of oxazole rings is 1. The number of anilines is 1. The summed E-state index contributed by atoms with van der Waals surface area (Å²) in [6.45, 7) is 5.32. The second-order valence-corrected chi connectivity index (χ2v) is 8.10. The molecule has 0 aliphatic heterocycles. The van der Waals surface area contributed by atoms with E-state index in [2.05, 4.69) is 10.3 Å². The van der Waals surface area contributed by atoms with Gasteiger partial charge in [0.15, 0.2) is 5.58 Å². The molecule has 0 spiro atoms. The van der Waals surface area contributed by atoms with E-state index in [4.69, 9.17) is 9.15 Å². The topological polar surface area (TPSA) is 105 Å². The average Bonchev–Trinajstić information content (AvgIpc) is 3.21. The number of benzene rings is 1. The van der Waals surface area contributed by atoms with E-state index in [-0.39, 0.29) is 18.1 Å². The lowest BCUT2D eigenvalue weighted by molar-refractivity contribution is -0.115. The smallest absolute Gasteiger partial charge is 0.348 e. The van der Waals surface area contributed by atoms with Gasteiger partial charge in [0, 0.05) is 0 Å². The molecule has 2 aromatic heterocycles. The number of thiophene rings is 1. The highest BCUT2D eigenvalue weighted by Gasteiger charge is 2.24. The van der Waals surface area contributed by atoms with E-state index in [1.807, 2.05) is 30.3 Å². The summed E-state index contributed by atoms with van der Waals surface area (Å²) >= 11 is 2.21. The van der Waals surface area contributed by atoms with Gasteiger partial charge < -0.3 is 14.5 Å². The van der Waals surface area contributed by atoms with Crippen molar-refractivity contribution in [2.45, 2.75) is 31.2 Å². The summed E-state index contributed by atoms with van der Waals surface area (Å²) in [7, 11) is 0. The van der Waals surface area contributed by atoms with Crippen LogP contribution in [0.2, 0.25) is 0 Å². The summed E-state index contributed by atoms with van der Waals surface area (Å²) in [5.74, 6) is -0.823. The Morgan fingerprint density at radius 3 is 2.86 bits per heavy atom. The molecule has 144 valence electrons. The summed E-state index contributed by atoms with van der Waals surface area (Å²) in [5, 5.41) is 12.3. The van der Waals surface area contributed by atoms with E-state index >= 15 is 0 Å². The lowest BCUT2D eigenvalue weighted by Gasteiger charge is -2.08. The van der Waals surface area contributed by atoms with Crippen molar-refractivity contribution in [2.24, 2.45) is 0 Å². The fourth-order valence-electron chi connectivity index (χ4n) is 2.45. The molecule has 1 N–H and O–H groups in total. The number of esters is 1. The Morgan fingerprint density at radius 2 is 2.18 bits per heavy atom. The van der Waals surface area contributed by atoms with Gasteiger partial charge >= 0.3 is 5.97 Å². The first-order chi connectivity index (χ1) is 13.4. The van der Waals surface area contributed by atoms with Crippen molar-refractivity contribution in [3.8, 4) is 6.07 Å². The molecule has 3 aromatic rings. The number of rotatable bonds is 6. The van der Waals surface area contributed by atoms with Gasteiger partial charge in [0.1, 0.15) is 21.5 Å². The number of nitriles is 1. The molecule has 1 aromatic carbocycles. The molecule has 1 amide bonds. The van der Waals surface area contributed by atoms with E-state index in [1.54, 1.807) is 20.8 Å². The Labute approximate surface area is 169 Å². The van der Waals surface area contributed by atoms with Crippen molar-refractivity contribution in [3.05, 3.63) is 40.3 Å². The van der Waals surface area contributed by atoms with Crippen LogP contribution in [-0.2, 0) is 9.53 Å². The molecule has 0 aliphatic carbocycles. The molecule has 0 saturated heterocycles. The number of carbonyl (C=O) groups is 2. The van der Waals surface area contributed by atoms with Gasteiger partial charge in [-0.3, -0.25) is 4.79 Å². The zero-order chi connectivity index (χ0) is 20.3. The second kappa shape index (κ2) is 8.46. The van der Waals surface area contributed by atoms with Crippen LogP contribution in [0.15, 0.2) is 33.9 Å². The molecule has 0 radical (unpaired) electrons. The summed E-state index contributed by atoms with van der Waals surface area (Å²) in [4.78, 5) is 29.3. The number of nitrogens with one attached hydrogen (secondary N) is 1. The third-order valence-corrected chi connectivity index (χ3v) is 6.01. The lowest BCUT2D eigenvalue weighted by atomic mass is 10.2. The molecule has 1 unspecified atom stereocenters. The molecule has 2 heterocycles. The molecule has 7 nitrogen and oxygen atoms in total. The van der Waals surface area contributed by atoms with Crippen molar-refractivity contribution in [2.75, 3.05) is 11.9 Å². The van der Waals surface area contributed by atoms with Crippen molar-refractivity contribution < 1.29 is 18.7 Å². The summed E-state index contributed by atoms with van der Waals surface area (Å²) in [6.07, 6.45) is 0. The SMILES string of the molecule is CCOC(=O)c1sc(NC(=O)C(C)Sc2nc3ccccc3o2)c(C#N)c1C. The first-order valence-electron chi connectivity index (χ1n) is 8.48. The number of carbonyl (C=O) groups excluding carboxylic acids is 2. The van der Waals surface area contributed by atoms with Crippen molar-refractivity contribution in [3.63, 3.8) is 0 Å². The standard InChI is InChI=1S/C19H17N3O4S2/c1-4-25-18(24)15-10(2)12(9-20)17(28-15)22-16(23)11(3)27-19-21-13-7-5-6-8-14(13)26-19/h5-8,11H,4H2,1-3H3,(H,22,23). The van der Waals surface area contributed by atoms with E-state index in [0.717, 1.165) is 16.9 Å². The molecule has 0 fully saturated rings. The monoisotopic (exact) mass is 415 g/mol.